The summed E-state index contributed by atoms with van der Waals surface area (Å²) in [6, 6.07) is 1.17. The lowest BCUT2D eigenvalue weighted by atomic mass is 9.86. The molecule has 0 spiro atoms. The Hall–Kier alpha value is -0.0800. The van der Waals surface area contributed by atoms with Crippen molar-refractivity contribution in [2.75, 3.05) is 13.1 Å². The summed E-state index contributed by atoms with van der Waals surface area (Å²) in [6.07, 6.45) is 11.2. The normalized spacial score (nSPS) is 34.1. The molecule has 2 aliphatic rings. The van der Waals surface area contributed by atoms with Gasteiger partial charge in [-0.05, 0) is 45.2 Å². The highest BCUT2D eigenvalue weighted by Gasteiger charge is 2.23. The van der Waals surface area contributed by atoms with E-state index in [1.165, 1.54) is 64.5 Å². The highest BCUT2D eigenvalue weighted by molar-refractivity contribution is 4.81. The van der Waals surface area contributed by atoms with Crippen LogP contribution in [-0.2, 0) is 0 Å². The molecule has 0 bridgehead atoms. The number of hydrogen-bond acceptors (Lipinski definition) is 2. The van der Waals surface area contributed by atoms with E-state index in [1.807, 2.05) is 0 Å². The van der Waals surface area contributed by atoms with Gasteiger partial charge in [-0.1, -0.05) is 32.1 Å². The topological polar surface area (TPSA) is 29.3 Å². The van der Waals surface area contributed by atoms with Crippen molar-refractivity contribution in [1.82, 2.24) is 4.90 Å². The zero-order chi connectivity index (χ0) is 11.4. The van der Waals surface area contributed by atoms with Gasteiger partial charge in [-0.25, -0.2) is 0 Å². The van der Waals surface area contributed by atoms with Gasteiger partial charge in [-0.15, -0.1) is 0 Å². The van der Waals surface area contributed by atoms with Crippen LogP contribution in [0.1, 0.15) is 58.3 Å². The van der Waals surface area contributed by atoms with Gasteiger partial charge in [-0.3, -0.25) is 0 Å². The van der Waals surface area contributed by atoms with Gasteiger partial charge >= 0.3 is 0 Å². The van der Waals surface area contributed by atoms with E-state index in [1.54, 1.807) is 0 Å². The van der Waals surface area contributed by atoms with Crippen molar-refractivity contribution in [3.63, 3.8) is 0 Å². The van der Waals surface area contributed by atoms with Gasteiger partial charge in [0.2, 0.25) is 0 Å². The molecule has 2 heteroatoms. The number of rotatable bonds is 3. The molecule has 94 valence electrons. The van der Waals surface area contributed by atoms with Gasteiger partial charge in [0.25, 0.3) is 0 Å². The van der Waals surface area contributed by atoms with E-state index >= 15 is 0 Å². The third kappa shape index (κ3) is 3.46. The largest absolute Gasteiger partial charge is 0.328 e. The maximum Gasteiger partial charge on any atom is 0.00816 e. The van der Waals surface area contributed by atoms with Crippen LogP contribution in [0.2, 0.25) is 0 Å². The molecule has 2 unspecified atom stereocenters. The second kappa shape index (κ2) is 6.02. The van der Waals surface area contributed by atoms with Gasteiger partial charge in [0.05, 0.1) is 0 Å². The zero-order valence-electron chi connectivity index (χ0n) is 10.8. The summed E-state index contributed by atoms with van der Waals surface area (Å²) in [5.74, 6) is 1.02. The van der Waals surface area contributed by atoms with Crippen molar-refractivity contribution in [3.05, 3.63) is 0 Å². The van der Waals surface area contributed by atoms with E-state index < -0.39 is 0 Å². The smallest absolute Gasteiger partial charge is 0.00816 e. The Bertz CT molecular complexity index is 199. The third-order valence-corrected chi connectivity index (χ3v) is 4.60. The first-order chi connectivity index (χ1) is 7.75. The molecule has 0 aromatic rings. The van der Waals surface area contributed by atoms with Crippen molar-refractivity contribution in [3.8, 4) is 0 Å². The average Bonchev–Trinajstić information content (AvgIpc) is 2.29. The molecule has 1 saturated heterocycles. The van der Waals surface area contributed by atoms with Crippen LogP contribution in [0.15, 0.2) is 0 Å². The maximum absolute atomic E-state index is 6.00. The minimum absolute atomic E-state index is 0.459. The Labute approximate surface area is 101 Å². The Balaban J connectivity index is 1.68. The van der Waals surface area contributed by atoms with Gasteiger partial charge < -0.3 is 10.6 Å². The van der Waals surface area contributed by atoms with Crippen molar-refractivity contribution >= 4 is 0 Å². The first-order valence-corrected chi connectivity index (χ1v) is 7.25. The molecule has 2 nitrogen and oxygen atoms in total. The number of likely N-dealkylation sites (tertiary alicyclic amines) is 1. The Kier molecular flexibility index (Phi) is 4.66. The number of piperidine rings is 1. The van der Waals surface area contributed by atoms with Crippen LogP contribution in [0.5, 0.6) is 0 Å². The lowest BCUT2D eigenvalue weighted by molar-refractivity contribution is 0.134. The van der Waals surface area contributed by atoms with Gasteiger partial charge in [0.1, 0.15) is 0 Å². The van der Waals surface area contributed by atoms with Crippen LogP contribution in [0.3, 0.4) is 0 Å². The van der Waals surface area contributed by atoms with Crippen molar-refractivity contribution in [1.29, 1.82) is 0 Å². The summed E-state index contributed by atoms with van der Waals surface area (Å²) >= 11 is 0. The van der Waals surface area contributed by atoms with Crippen molar-refractivity contribution in [2.45, 2.75) is 70.4 Å². The maximum atomic E-state index is 6.00. The summed E-state index contributed by atoms with van der Waals surface area (Å²) in [7, 11) is 0. The Morgan fingerprint density at radius 3 is 2.56 bits per heavy atom. The molecule has 2 N–H and O–H groups in total. The predicted molar refractivity (Wildman–Crippen MR) is 69.4 cm³/mol. The van der Waals surface area contributed by atoms with Crippen molar-refractivity contribution < 1.29 is 0 Å². The van der Waals surface area contributed by atoms with Crippen LogP contribution in [0.4, 0.5) is 0 Å². The quantitative estimate of drug-likeness (QED) is 0.798. The zero-order valence-corrected chi connectivity index (χ0v) is 10.8. The minimum Gasteiger partial charge on any atom is -0.328 e. The van der Waals surface area contributed by atoms with E-state index in [0.717, 1.165) is 5.92 Å². The molecule has 1 heterocycles. The summed E-state index contributed by atoms with van der Waals surface area (Å²) < 4.78 is 0. The average molecular weight is 224 g/mol. The third-order valence-electron chi connectivity index (χ3n) is 4.60. The molecule has 1 aliphatic heterocycles. The highest BCUT2D eigenvalue weighted by atomic mass is 15.2. The number of hydrogen-bond donors (Lipinski definition) is 1. The molecular weight excluding hydrogens is 196 g/mol. The number of nitrogens with zero attached hydrogens (tertiary/aromatic N) is 1. The van der Waals surface area contributed by atoms with E-state index in [9.17, 15) is 0 Å². The summed E-state index contributed by atoms with van der Waals surface area (Å²) in [5, 5.41) is 0. The second-order valence-corrected chi connectivity index (χ2v) is 5.96. The highest BCUT2D eigenvalue weighted by Crippen LogP contribution is 2.27. The fraction of sp³-hybridized carbons (Fsp3) is 1.00. The Morgan fingerprint density at radius 2 is 1.88 bits per heavy atom. The van der Waals surface area contributed by atoms with Crippen LogP contribution >= 0.6 is 0 Å². The first-order valence-electron chi connectivity index (χ1n) is 7.25. The van der Waals surface area contributed by atoms with E-state index in [0.29, 0.717) is 12.1 Å². The molecule has 2 fully saturated rings. The summed E-state index contributed by atoms with van der Waals surface area (Å²) in [4.78, 5) is 2.66. The standard InChI is InChI=1S/C14H28N2/c1-12-11-14(15)8-10-16(12)9-7-13-5-3-2-4-6-13/h12-14H,2-11,15H2,1H3. The molecular formula is C14H28N2. The first kappa shape index (κ1) is 12.4. The van der Waals surface area contributed by atoms with Crippen molar-refractivity contribution in [2.24, 2.45) is 11.7 Å². The molecule has 0 aromatic heterocycles. The van der Waals surface area contributed by atoms with E-state index in [2.05, 4.69) is 11.8 Å². The molecule has 0 aromatic carbocycles. The van der Waals surface area contributed by atoms with Gasteiger partial charge in [0, 0.05) is 12.1 Å². The molecule has 1 aliphatic carbocycles. The lowest BCUT2D eigenvalue weighted by Crippen LogP contribution is -2.46. The molecule has 16 heavy (non-hydrogen) atoms. The van der Waals surface area contributed by atoms with Crippen LogP contribution in [0.25, 0.3) is 0 Å². The summed E-state index contributed by atoms with van der Waals surface area (Å²) in [5.41, 5.74) is 6.00. The Morgan fingerprint density at radius 1 is 1.12 bits per heavy atom. The molecule has 2 rings (SSSR count). The second-order valence-electron chi connectivity index (χ2n) is 5.96. The van der Waals surface area contributed by atoms with Crippen LogP contribution in [0, 0.1) is 5.92 Å². The summed E-state index contributed by atoms with van der Waals surface area (Å²) in [6.45, 7) is 4.90. The SMILES string of the molecule is CC1CC(N)CCN1CCC1CCCCC1. The fourth-order valence-electron chi connectivity index (χ4n) is 3.41. The lowest BCUT2D eigenvalue weighted by Gasteiger charge is -2.37. The predicted octanol–water partition coefficient (Wildman–Crippen LogP) is 2.77. The van der Waals surface area contributed by atoms with Crippen LogP contribution in [-0.4, -0.2) is 30.1 Å². The molecule has 0 amide bonds. The molecule has 1 saturated carbocycles. The van der Waals surface area contributed by atoms with Gasteiger partial charge in [0.15, 0.2) is 0 Å². The fourth-order valence-corrected chi connectivity index (χ4v) is 3.41. The number of nitrogens with two attached hydrogens (primary N) is 1. The van der Waals surface area contributed by atoms with Crippen LogP contribution < -0.4 is 5.73 Å². The van der Waals surface area contributed by atoms with E-state index in [4.69, 9.17) is 5.73 Å². The van der Waals surface area contributed by atoms with Gasteiger partial charge in [-0.2, -0.15) is 0 Å². The molecule has 0 radical (unpaired) electrons. The minimum atomic E-state index is 0.459. The monoisotopic (exact) mass is 224 g/mol. The van der Waals surface area contributed by atoms with E-state index in [-0.39, 0.29) is 0 Å². The molecule has 2 atom stereocenters.